The van der Waals surface area contributed by atoms with Crippen LogP contribution < -0.4 is 5.32 Å². The summed E-state index contributed by atoms with van der Waals surface area (Å²) < 4.78 is 3.35. The van der Waals surface area contributed by atoms with Crippen LogP contribution in [0.25, 0.3) is 17.0 Å². The number of thiocarbonyl (C=S) groups is 1. The summed E-state index contributed by atoms with van der Waals surface area (Å²) in [5.74, 6) is -0.0713. The normalized spacial score (nSPS) is 15.6. The van der Waals surface area contributed by atoms with Gasteiger partial charge in [-0.3, -0.25) is 9.69 Å². The van der Waals surface area contributed by atoms with E-state index in [1.54, 1.807) is 4.90 Å². The molecule has 1 N–H and O–H groups in total. The highest BCUT2D eigenvalue weighted by molar-refractivity contribution is 9.10. The summed E-state index contributed by atoms with van der Waals surface area (Å²) in [5, 5.41) is 4.68. The molecule has 29 heavy (non-hydrogen) atoms. The number of para-hydroxylation sites is 1. The van der Waals surface area contributed by atoms with Gasteiger partial charge in [-0.05, 0) is 54.9 Å². The van der Waals surface area contributed by atoms with E-state index in [4.69, 9.17) is 12.2 Å². The van der Waals surface area contributed by atoms with Crippen LogP contribution in [0.5, 0.6) is 0 Å². The van der Waals surface area contributed by atoms with Crippen molar-refractivity contribution >= 4 is 56.1 Å². The monoisotopic (exact) mass is 467 g/mol. The SMILES string of the molecule is CCc1cccc2c(C=C3NC(=S)N(CC)C3=O)cn(Cc3ccc(Br)cc3)c12. The molecule has 2 aromatic carbocycles. The fourth-order valence-electron chi connectivity index (χ4n) is 3.79. The Balaban J connectivity index is 1.81. The second-order valence-corrected chi connectivity index (χ2v) is 8.35. The molecule has 0 aliphatic carbocycles. The van der Waals surface area contributed by atoms with E-state index in [0.29, 0.717) is 17.4 Å². The van der Waals surface area contributed by atoms with Gasteiger partial charge in [-0.2, -0.15) is 0 Å². The van der Waals surface area contributed by atoms with Crippen LogP contribution in [0.1, 0.15) is 30.5 Å². The third kappa shape index (κ3) is 3.74. The van der Waals surface area contributed by atoms with Crippen LogP contribution in [-0.2, 0) is 17.8 Å². The average Bonchev–Trinajstić information content (AvgIpc) is 3.20. The lowest BCUT2D eigenvalue weighted by molar-refractivity contribution is -0.122. The van der Waals surface area contributed by atoms with Crippen molar-refractivity contribution in [2.75, 3.05) is 6.54 Å². The highest BCUT2D eigenvalue weighted by atomic mass is 79.9. The maximum absolute atomic E-state index is 12.6. The quantitative estimate of drug-likeness (QED) is 0.419. The van der Waals surface area contributed by atoms with Gasteiger partial charge < -0.3 is 9.88 Å². The topological polar surface area (TPSA) is 37.3 Å². The molecule has 0 atom stereocenters. The van der Waals surface area contributed by atoms with E-state index in [1.165, 1.54) is 16.6 Å². The molecule has 0 bridgehead atoms. The number of carbonyl (C=O) groups excluding carboxylic acids is 1. The highest BCUT2D eigenvalue weighted by Crippen LogP contribution is 2.29. The Bertz CT molecular complexity index is 1130. The summed E-state index contributed by atoms with van der Waals surface area (Å²) in [5.41, 5.74) is 5.28. The third-order valence-electron chi connectivity index (χ3n) is 5.24. The van der Waals surface area contributed by atoms with Crippen LogP contribution in [-0.4, -0.2) is 27.0 Å². The maximum atomic E-state index is 12.6. The second-order valence-electron chi connectivity index (χ2n) is 7.04. The molecule has 0 saturated carbocycles. The predicted octanol–water partition coefficient (Wildman–Crippen LogP) is 5.09. The van der Waals surface area contributed by atoms with Gasteiger partial charge in [0.05, 0.1) is 5.52 Å². The molecule has 0 spiro atoms. The molecular weight excluding hydrogens is 446 g/mol. The molecule has 2 heterocycles. The van der Waals surface area contributed by atoms with Crippen molar-refractivity contribution in [2.45, 2.75) is 26.8 Å². The lowest BCUT2D eigenvalue weighted by atomic mass is 10.1. The molecule has 4 rings (SSSR count). The van der Waals surface area contributed by atoms with Crippen molar-refractivity contribution < 1.29 is 4.79 Å². The van der Waals surface area contributed by atoms with Crippen molar-refractivity contribution in [1.82, 2.24) is 14.8 Å². The molecule has 1 amide bonds. The van der Waals surface area contributed by atoms with Crippen LogP contribution in [0.2, 0.25) is 0 Å². The number of hydrogen-bond acceptors (Lipinski definition) is 2. The molecule has 1 aromatic heterocycles. The number of carbonyl (C=O) groups is 1. The minimum Gasteiger partial charge on any atom is -0.342 e. The lowest BCUT2D eigenvalue weighted by Gasteiger charge is -2.09. The summed E-state index contributed by atoms with van der Waals surface area (Å²) in [6.07, 6.45) is 5.00. The van der Waals surface area contributed by atoms with Crippen molar-refractivity contribution in [3.8, 4) is 0 Å². The number of aryl methyl sites for hydroxylation is 1. The molecule has 6 heteroatoms. The Labute approximate surface area is 184 Å². The number of benzene rings is 2. The van der Waals surface area contributed by atoms with Gasteiger partial charge in [-0.1, -0.05) is 53.2 Å². The number of aromatic nitrogens is 1. The minimum atomic E-state index is -0.0713. The van der Waals surface area contributed by atoms with Crippen LogP contribution in [0.3, 0.4) is 0 Å². The second kappa shape index (κ2) is 8.13. The number of nitrogens with zero attached hydrogens (tertiary/aromatic N) is 2. The zero-order valence-electron chi connectivity index (χ0n) is 16.4. The molecule has 1 fully saturated rings. The predicted molar refractivity (Wildman–Crippen MR) is 126 cm³/mol. The Kier molecular flexibility index (Phi) is 5.56. The van der Waals surface area contributed by atoms with Crippen LogP contribution in [0, 0.1) is 0 Å². The number of likely N-dealkylation sites (N-methyl/N-ethyl adjacent to an activating group) is 1. The molecule has 3 aromatic rings. The van der Waals surface area contributed by atoms with Crippen molar-refractivity contribution in [2.24, 2.45) is 0 Å². The Hall–Kier alpha value is -2.44. The van der Waals surface area contributed by atoms with Crippen molar-refractivity contribution in [1.29, 1.82) is 0 Å². The summed E-state index contributed by atoms with van der Waals surface area (Å²) in [6, 6.07) is 14.8. The van der Waals surface area contributed by atoms with E-state index < -0.39 is 0 Å². The van der Waals surface area contributed by atoms with Gasteiger partial charge in [0, 0.05) is 34.7 Å². The van der Waals surface area contributed by atoms with Gasteiger partial charge in [0.15, 0.2) is 5.11 Å². The smallest absolute Gasteiger partial charge is 0.276 e. The fraction of sp³-hybridized carbons (Fsp3) is 0.217. The van der Waals surface area contributed by atoms with Crippen LogP contribution >= 0.6 is 28.1 Å². The first-order chi connectivity index (χ1) is 14.0. The van der Waals surface area contributed by atoms with E-state index in [1.807, 2.05) is 13.0 Å². The zero-order chi connectivity index (χ0) is 20.5. The Morgan fingerprint density at radius 2 is 1.90 bits per heavy atom. The number of fused-ring (bicyclic) bond motifs is 1. The van der Waals surface area contributed by atoms with E-state index in [2.05, 4.69) is 81.4 Å². The molecule has 0 radical (unpaired) electrons. The first-order valence-electron chi connectivity index (χ1n) is 9.71. The molecule has 1 aliphatic heterocycles. The first-order valence-corrected chi connectivity index (χ1v) is 10.9. The van der Waals surface area contributed by atoms with Crippen molar-refractivity contribution in [3.05, 3.63) is 75.5 Å². The van der Waals surface area contributed by atoms with Crippen LogP contribution in [0.15, 0.2) is 58.8 Å². The average molecular weight is 468 g/mol. The first kappa shape index (κ1) is 19.9. The van der Waals surface area contributed by atoms with E-state index in [-0.39, 0.29) is 5.91 Å². The molecule has 1 saturated heterocycles. The van der Waals surface area contributed by atoms with Crippen LogP contribution in [0.4, 0.5) is 0 Å². The lowest BCUT2D eigenvalue weighted by Crippen LogP contribution is -2.30. The summed E-state index contributed by atoms with van der Waals surface area (Å²) in [6.45, 7) is 5.42. The van der Waals surface area contributed by atoms with Gasteiger partial charge in [0.25, 0.3) is 5.91 Å². The Morgan fingerprint density at radius 3 is 2.55 bits per heavy atom. The third-order valence-corrected chi connectivity index (χ3v) is 6.09. The summed E-state index contributed by atoms with van der Waals surface area (Å²) >= 11 is 8.79. The molecule has 1 aliphatic rings. The van der Waals surface area contributed by atoms with Gasteiger partial charge >= 0.3 is 0 Å². The Morgan fingerprint density at radius 1 is 1.14 bits per heavy atom. The fourth-order valence-corrected chi connectivity index (χ4v) is 4.38. The molecule has 148 valence electrons. The minimum absolute atomic E-state index is 0.0713. The van der Waals surface area contributed by atoms with E-state index in [0.717, 1.165) is 28.4 Å². The number of amides is 1. The van der Waals surface area contributed by atoms with Gasteiger partial charge in [0.2, 0.25) is 0 Å². The molecule has 0 unspecified atom stereocenters. The molecule has 4 nitrogen and oxygen atoms in total. The van der Waals surface area contributed by atoms with E-state index >= 15 is 0 Å². The standard InChI is InChI=1S/C23H22BrN3OS/c1-3-16-6-5-7-19-17(12-20-22(28)27(4-2)23(29)25-20)14-26(21(16)19)13-15-8-10-18(24)11-9-15/h5-12,14H,3-4,13H2,1-2H3,(H,25,29). The highest BCUT2D eigenvalue weighted by Gasteiger charge is 2.29. The summed E-state index contributed by atoms with van der Waals surface area (Å²) in [4.78, 5) is 14.2. The number of nitrogens with one attached hydrogen (secondary N) is 1. The number of rotatable bonds is 5. The number of hydrogen-bond donors (Lipinski definition) is 1. The van der Waals surface area contributed by atoms with E-state index in [9.17, 15) is 4.79 Å². The van der Waals surface area contributed by atoms with Gasteiger partial charge in [0.1, 0.15) is 5.70 Å². The maximum Gasteiger partial charge on any atom is 0.276 e. The van der Waals surface area contributed by atoms with Gasteiger partial charge in [-0.25, -0.2) is 0 Å². The molecular formula is C23H22BrN3OS. The largest absolute Gasteiger partial charge is 0.342 e. The van der Waals surface area contributed by atoms with Gasteiger partial charge in [-0.15, -0.1) is 0 Å². The number of halogens is 1. The zero-order valence-corrected chi connectivity index (χ0v) is 18.8. The summed E-state index contributed by atoms with van der Waals surface area (Å²) in [7, 11) is 0. The van der Waals surface area contributed by atoms with Crippen molar-refractivity contribution in [3.63, 3.8) is 0 Å².